The van der Waals surface area contributed by atoms with E-state index in [-0.39, 0.29) is 0 Å². The van der Waals surface area contributed by atoms with Crippen LogP contribution in [0.5, 0.6) is 0 Å². The van der Waals surface area contributed by atoms with Gasteiger partial charge in [0, 0.05) is 12.0 Å². The minimum atomic E-state index is 0.364. The van der Waals surface area contributed by atoms with Gasteiger partial charge in [0.2, 0.25) is 0 Å². The van der Waals surface area contributed by atoms with E-state index in [1.54, 1.807) is 0 Å². The summed E-state index contributed by atoms with van der Waals surface area (Å²) in [5.74, 6) is 0.456. The van der Waals surface area contributed by atoms with Crippen molar-refractivity contribution in [2.75, 3.05) is 6.54 Å². The molecular formula is C19H25N. The van der Waals surface area contributed by atoms with Crippen molar-refractivity contribution < 1.29 is 0 Å². The number of aryl methyl sites for hydroxylation is 2. The summed E-state index contributed by atoms with van der Waals surface area (Å²) in [6, 6.07) is 17.9. The molecule has 0 aliphatic carbocycles. The van der Waals surface area contributed by atoms with Gasteiger partial charge < -0.3 is 5.32 Å². The van der Waals surface area contributed by atoms with Crippen LogP contribution >= 0.6 is 0 Å². The molecule has 0 heterocycles. The van der Waals surface area contributed by atoms with Crippen molar-refractivity contribution in [2.45, 2.75) is 39.7 Å². The molecule has 2 atom stereocenters. The molecular weight excluding hydrogens is 242 g/mol. The Labute approximate surface area is 123 Å². The summed E-state index contributed by atoms with van der Waals surface area (Å²) < 4.78 is 0. The highest BCUT2D eigenvalue weighted by atomic mass is 14.9. The molecule has 2 aromatic carbocycles. The third kappa shape index (κ3) is 3.29. The van der Waals surface area contributed by atoms with Crippen molar-refractivity contribution in [3.8, 4) is 0 Å². The predicted molar refractivity (Wildman–Crippen MR) is 87.2 cm³/mol. The van der Waals surface area contributed by atoms with E-state index in [9.17, 15) is 0 Å². The van der Waals surface area contributed by atoms with E-state index in [0.717, 1.165) is 6.54 Å². The van der Waals surface area contributed by atoms with Gasteiger partial charge in [-0.2, -0.15) is 0 Å². The smallest absolute Gasteiger partial charge is 0.0389 e. The molecule has 0 aliphatic heterocycles. The third-order valence-corrected chi connectivity index (χ3v) is 4.01. The highest BCUT2D eigenvalue weighted by molar-refractivity contribution is 5.35. The molecule has 1 nitrogen and oxygen atoms in total. The average molecular weight is 267 g/mol. The maximum atomic E-state index is 3.66. The second kappa shape index (κ2) is 6.71. The van der Waals surface area contributed by atoms with Crippen LogP contribution in [0.4, 0.5) is 0 Å². The maximum Gasteiger partial charge on any atom is 0.0389 e. The molecule has 1 heteroatoms. The van der Waals surface area contributed by atoms with Gasteiger partial charge in [0.05, 0.1) is 0 Å². The molecule has 0 spiro atoms. The van der Waals surface area contributed by atoms with Gasteiger partial charge >= 0.3 is 0 Å². The van der Waals surface area contributed by atoms with Gasteiger partial charge in [0.1, 0.15) is 0 Å². The summed E-state index contributed by atoms with van der Waals surface area (Å²) in [5, 5.41) is 3.66. The topological polar surface area (TPSA) is 12.0 Å². The summed E-state index contributed by atoms with van der Waals surface area (Å²) in [6.07, 6.45) is 0. The standard InChI is InChI=1S/C19H25N/c1-5-20-19(16(4)17-9-7-6-8-10-17)18-12-11-14(2)13-15(18)3/h6-13,16,19-20H,5H2,1-4H3. The zero-order valence-electron chi connectivity index (χ0n) is 13.0. The molecule has 0 radical (unpaired) electrons. The highest BCUT2D eigenvalue weighted by Gasteiger charge is 2.21. The molecule has 2 rings (SSSR count). The number of rotatable bonds is 5. The molecule has 0 aromatic heterocycles. The fourth-order valence-electron chi connectivity index (χ4n) is 2.90. The Hall–Kier alpha value is -1.60. The number of likely N-dealkylation sites (N-methyl/N-ethyl adjacent to an activating group) is 1. The van der Waals surface area contributed by atoms with E-state index in [1.807, 2.05) is 0 Å². The minimum absolute atomic E-state index is 0.364. The maximum absolute atomic E-state index is 3.66. The Morgan fingerprint density at radius 2 is 1.70 bits per heavy atom. The first kappa shape index (κ1) is 14.8. The summed E-state index contributed by atoms with van der Waals surface area (Å²) in [6.45, 7) is 9.83. The van der Waals surface area contributed by atoms with Crippen molar-refractivity contribution >= 4 is 0 Å². The van der Waals surface area contributed by atoms with Gasteiger partial charge in [-0.1, -0.05) is 67.9 Å². The van der Waals surface area contributed by atoms with Gasteiger partial charge in [-0.15, -0.1) is 0 Å². The molecule has 2 unspecified atom stereocenters. The van der Waals surface area contributed by atoms with Gasteiger partial charge in [-0.05, 0) is 37.1 Å². The Bertz CT molecular complexity index is 545. The van der Waals surface area contributed by atoms with Gasteiger partial charge in [-0.3, -0.25) is 0 Å². The summed E-state index contributed by atoms with van der Waals surface area (Å²) >= 11 is 0. The number of hydrogen-bond donors (Lipinski definition) is 1. The van der Waals surface area contributed by atoms with E-state index in [4.69, 9.17) is 0 Å². The van der Waals surface area contributed by atoms with Crippen LogP contribution in [-0.2, 0) is 0 Å². The van der Waals surface area contributed by atoms with Gasteiger partial charge in [0.25, 0.3) is 0 Å². The predicted octanol–water partition coefficient (Wildman–Crippen LogP) is 4.76. The third-order valence-electron chi connectivity index (χ3n) is 4.01. The van der Waals surface area contributed by atoms with Crippen LogP contribution in [0.2, 0.25) is 0 Å². The number of nitrogens with one attached hydrogen (secondary N) is 1. The van der Waals surface area contributed by atoms with Gasteiger partial charge in [-0.25, -0.2) is 0 Å². The van der Waals surface area contributed by atoms with Crippen molar-refractivity contribution in [1.82, 2.24) is 5.32 Å². The molecule has 0 fully saturated rings. The van der Waals surface area contributed by atoms with E-state index in [1.165, 1.54) is 22.3 Å². The van der Waals surface area contributed by atoms with E-state index in [2.05, 4.69) is 81.5 Å². The first-order valence-electron chi connectivity index (χ1n) is 7.49. The lowest BCUT2D eigenvalue weighted by Gasteiger charge is -2.27. The summed E-state index contributed by atoms with van der Waals surface area (Å²) in [7, 11) is 0. The molecule has 20 heavy (non-hydrogen) atoms. The molecule has 0 bridgehead atoms. The first-order valence-corrected chi connectivity index (χ1v) is 7.49. The summed E-state index contributed by atoms with van der Waals surface area (Å²) in [5.41, 5.74) is 5.50. The van der Waals surface area contributed by atoms with Crippen LogP contribution in [0.1, 0.15) is 48.1 Å². The quantitative estimate of drug-likeness (QED) is 0.823. The average Bonchev–Trinajstić information content (AvgIpc) is 2.46. The van der Waals surface area contributed by atoms with Gasteiger partial charge in [0.15, 0.2) is 0 Å². The van der Waals surface area contributed by atoms with Crippen LogP contribution in [-0.4, -0.2) is 6.54 Å². The lowest BCUT2D eigenvalue weighted by atomic mass is 9.86. The Morgan fingerprint density at radius 3 is 2.30 bits per heavy atom. The highest BCUT2D eigenvalue weighted by Crippen LogP contribution is 2.32. The van der Waals surface area contributed by atoms with E-state index in [0.29, 0.717) is 12.0 Å². The molecule has 2 aromatic rings. The normalized spacial score (nSPS) is 14.0. The fraction of sp³-hybridized carbons (Fsp3) is 0.368. The van der Waals surface area contributed by atoms with E-state index < -0.39 is 0 Å². The van der Waals surface area contributed by atoms with Crippen LogP contribution in [0, 0.1) is 13.8 Å². The minimum Gasteiger partial charge on any atom is -0.310 e. The van der Waals surface area contributed by atoms with Crippen molar-refractivity contribution in [1.29, 1.82) is 0 Å². The number of hydrogen-bond acceptors (Lipinski definition) is 1. The second-order valence-corrected chi connectivity index (χ2v) is 5.59. The summed E-state index contributed by atoms with van der Waals surface area (Å²) in [4.78, 5) is 0. The van der Waals surface area contributed by atoms with E-state index >= 15 is 0 Å². The Balaban J connectivity index is 2.35. The number of benzene rings is 2. The van der Waals surface area contributed by atoms with Crippen molar-refractivity contribution in [3.63, 3.8) is 0 Å². The molecule has 1 N–H and O–H groups in total. The Kier molecular flexibility index (Phi) is 4.97. The van der Waals surface area contributed by atoms with Crippen LogP contribution < -0.4 is 5.32 Å². The fourth-order valence-corrected chi connectivity index (χ4v) is 2.90. The zero-order chi connectivity index (χ0) is 14.5. The van der Waals surface area contributed by atoms with Crippen molar-refractivity contribution in [3.05, 3.63) is 70.8 Å². The Morgan fingerprint density at radius 1 is 1.00 bits per heavy atom. The lowest BCUT2D eigenvalue weighted by molar-refractivity contribution is 0.477. The molecule has 106 valence electrons. The SMILES string of the molecule is CCNC(c1ccc(C)cc1C)C(C)c1ccccc1. The van der Waals surface area contributed by atoms with Crippen LogP contribution in [0.25, 0.3) is 0 Å². The second-order valence-electron chi connectivity index (χ2n) is 5.59. The lowest BCUT2D eigenvalue weighted by Crippen LogP contribution is -2.26. The largest absolute Gasteiger partial charge is 0.310 e. The monoisotopic (exact) mass is 267 g/mol. The van der Waals surface area contributed by atoms with Crippen LogP contribution in [0.3, 0.4) is 0 Å². The first-order chi connectivity index (χ1) is 9.63. The molecule has 0 amide bonds. The van der Waals surface area contributed by atoms with Crippen molar-refractivity contribution in [2.24, 2.45) is 0 Å². The van der Waals surface area contributed by atoms with Crippen LogP contribution in [0.15, 0.2) is 48.5 Å². The molecule has 0 aliphatic rings. The molecule has 0 saturated heterocycles. The zero-order valence-corrected chi connectivity index (χ0v) is 13.0. The molecule has 0 saturated carbocycles.